The Bertz CT molecular complexity index is 2580. The van der Waals surface area contributed by atoms with E-state index >= 15 is 0 Å². The molecule has 2 aliphatic heterocycles. The maximum Gasteiger partial charge on any atom is 0.346 e. The molecule has 0 saturated carbocycles. The molecule has 0 bridgehead atoms. The lowest BCUT2D eigenvalue weighted by Crippen LogP contribution is -2.45. The average Bonchev–Trinajstić information content (AvgIpc) is 3.74. The van der Waals surface area contributed by atoms with E-state index in [0.717, 1.165) is 67.4 Å². The first-order chi connectivity index (χ1) is 24.8. The average molecular weight is 713 g/mol. The highest BCUT2D eigenvalue weighted by atomic mass is 32.1. The monoisotopic (exact) mass is 712 g/mol. The van der Waals surface area contributed by atoms with E-state index in [1.165, 1.54) is 35.8 Å². The third-order valence-electron chi connectivity index (χ3n) is 9.07. The molecule has 2 fully saturated rings. The van der Waals surface area contributed by atoms with Gasteiger partial charge in [0.15, 0.2) is 0 Å². The van der Waals surface area contributed by atoms with Gasteiger partial charge in [-0.1, -0.05) is 50.2 Å². The minimum absolute atomic E-state index is 0.333. The number of rotatable bonds is 3. The van der Waals surface area contributed by atoms with Crippen LogP contribution < -0.4 is 21.5 Å². The highest BCUT2D eigenvalue weighted by molar-refractivity contribution is 7.22. The Morgan fingerprint density at radius 1 is 0.667 bits per heavy atom. The van der Waals surface area contributed by atoms with Crippen LogP contribution in [0.5, 0.6) is 0 Å². The summed E-state index contributed by atoms with van der Waals surface area (Å²) in [6.45, 7) is 11.0. The molecular formula is C41H36N4O4S2. The number of hydrogen-bond acceptors (Lipinski definition) is 10. The number of aryl methyl sites for hydroxylation is 1. The highest BCUT2D eigenvalue weighted by Gasteiger charge is 2.23. The van der Waals surface area contributed by atoms with Crippen molar-refractivity contribution in [1.29, 1.82) is 0 Å². The van der Waals surface area contributed by atoms with Gasteiger partial charge in [-0.25, -0.2) is 19.6 Å². The fourth-order valence-corrected chi connectivity index (χ4v) is 8.07. The number of para-hydroxylation sites is 2. The molecule has 4 aromatic heterocycles. The van der Waals surface area contributed by atoms with E-state index in [-0.39, 0.29) is 11.3 Å². The van der Waals surface area contributed by atoms with E-state index < -0.39 is 0 Å². The molecule has 10 heteroatoms. The van der Waals surface area contributed by atoms with Crippen LogP contribution in [0.2, 0.25) is 0 Å². The molecule has 6 heterocycles. The molecule has 0 radical (unpaired) electrons. The standard InChI is InChI=1S/C20H16N2O2S.C17H11NO2S.C4H9N/c1-12-10-22(11-12)14-7-6-13-8-15(20(23)24-17(13)9-14)19-21-16-4-2-3-5-18(16)25-19;1-10-6-7-11-9-12(17(19)20-14(11)8-10)16-18-13-4-2-3-5-15(13)21-16;1-4-2-5-3-4/h2-9,12H,10-11H2,1H3;2-9H,1H3;4-5H,2-3H2,1H3. The molecule has 10 rings (SSSR count). The van der Waals surface area contributed by atoms with Gasteiger partial charge in [0.05, 0.1) is 31.6 Å². The number of nitrogens with one attached hydrogen (secondary N) is 1. The largest absolute Gasteiger partial charge is 0.422 e. The van der Waals surface area contributed by atoms with E-state index in [1.807, 2.05) is 97.9 Å². The quantitative estimate of drug-likeness (QED) is 0.181. The van der Waals surface area contributed by atoms with E-state index in [1.54, 1.807) is 0 Å². The van der Waals surface area contributed by atoms with Crippen LogP contribution in [0.1, 0.15) is 19.4 Å². The smallest absolute Gasteiger partial charge is 0.346 e. The van der Waals surface area contributed by atoms with Crippen molar-refractivity contribution in [1.82, 2.24) is 15.3 Å². The number of thiazole rings is 2. The fraction of sp³-hybridized carbons (Fsp3) is 0.220. The number of aromatic nitrogens is 2. The van der Waals surface area contributed by atoms with E-state index in [9.17, 15) is 9.59 Å². The van der Waals surface area contributed by atoms with Gasteiger partial charge in [-0.2, -0.15) is 0 Å². The molecule has 1 N–H and O–H groups in total. The lowest BCUT2D eigenvalue weighted by atomic mass is 10.0. The zero-order valence-electron chi connectivity index (χ0n) is 28.5. The summed E-state index contributed by atoms with van der Waals surface area (Å²) in [4.78, 5) is 36.1. The molecule has 0 unspecified atom stereocenters. The van der Waals surface area contributed by atoms with Crippen LogP contribution in [0.25, 0.3) is 63.5 Å². The number of nitrogens with zero attached hydrogens (tertiary/aromatic N) is 3. The summed E-state index contributed by atoms with van der Waals surface area (Å²) in [5.41, 5.74) is 5.61. The van der Waals surface area contributed by atoms with E-state index in [0.29, 0.717) is 32.3 Å². The molecule has 2 aliphatic rings. The zero-order chi connectivity index (χ0) is 35.1. The summed E-state index contributed by atoms with van der Waals surface area (Å²) in [5, 5.41) is 6.40. The zero-order valence-corrected chi connectivity index (χ0v) is 30.1. The molecular weight excluding hydrogens is 677 g/mol. The second-order valence-electron chi connectivity index (χ2n) is 13.4. The SMILES string of the molecule is CC1CN(c2ccc3cc(-c4nc5ccccc5s4)c(=O)oc3c2)C1.CC1CNC1.Cc1ccc2cc(-c3nc4ccccc4s3)c(=O)oc2c1. The second-order valence-corrected chi connectivity index (χ2v) is 15.5. The van der Waals surface area contributed by atoms with Crippen molar-refractivity contribution in [3.05, 3.63) is 123 Å². The third kappa shape index (κ3) is 6.95. The van der Waals surface area contributed by atoms with Crippen LogP contribution >= 0.6 is 22.7 Å². The summed E-state index contributed by atoms with van der Waals surface area (Å²) in [6, 6.07) is 31.4. The van der Waals surface area contributed by atoms with Crippen molar-refractivity contribution >= 4 is 70.7 Å². The minimum atomic E-state index is -0.341. The van der Waals surface area contributed by atoms with Crippen LogP contribution in [0.15, 0.2) is 115 Å². The van der Waals surface area contributed by atoms with Gasteiger partial charge < -0.3 is 19.1 Å². The number of benzene rings is 4. The molecule has 0 aliphatic carbocycles. The highest BCUT2D eigenvalue weighted by Crippen LogP contribution is 2.33. The van der Waals surface area contributed by atoms with Gasteiger partial charge in [-0.3, -0.25) is 0 Å². The van der Waals surface area contributed by atoms with Gasteiger partial charge in [-0.05, 0) is 92.0 Å². The molecule has 8 aromatic rings. The molecule has 0 spiro atoms. The first-order valence-corrected chi connectivity index (χ1v) is 18.7. The lowest BCUT2D eigenvalue weighted by molar-refractivity contribution is 0.379. The number of fused-ring (bicyclic) bond motifs is 4. The Kier molecular flexibility index (Phi) is 8.97. The maximum atomic E-state index is 12.5. The molecule has 8 nitrogen and oxygen atoms in total. The predicted molar refractivity (Wildman–Crippen MR) is 210 cm³/mol. The molecule has 0 atom stereocenters. The van der Waals surface area contributed by atoms with Crippen molar-refractivity contribution in [2.24, 2.45) is 11.8 Å². The van der Waals surface area contributed by atoms with E-state index in [2.05, 4.69) is 40.1 Å². The van der Waals surface area contributed by atoms with Gasteiger partial charge in [-0.15, -0.1) is 22.7 Å². The second kappa shape index (κ2) is 13.9. The van der Waals surface area contributed by atoms with Gasteiger partial charge >= 0.3 is 11.3 Å². The van der Waals surface area contributed by atoms with Crippen LogP contribution in [0, 0.1) is 18.8 Å². The Hall–Kier alpha value is -5.16. The predicted octanol–water partition coefficient (Wildman–Crippen LogP) is 9.13. The molecule has 51 heavy (non-hydrogen) atoms. The van der Waals surface area contributed by atoms with Gasteiger partial charge in [0, 0.05) is 35.6 Å². The molecule has 0 amide bonds. The Morgan fingerprint density at radius 3 is 1.67 bits per heavy atom. The number of hydrogen-bond donors (Lipinski definition) is 1. The first-order valence-electron chi connectivity index (χ1n) is 17.1. The minimum Gasteiger partial charge on any atom is -0.422 e. The van der Waals surface area contributed by atoms with Crippen molar-refractivity contribution < 1.29 is 8.83 Å². The van der Waals surface area contributed by atoms with Crippen LogP contribution in [0.4, 0.5) is 5.69 Å². The summed E-state index contributed by atoms with van der Waals surface area (Å²) in [6.07, 6.45) is 0. The summed E-state index contributed by atoms with van der Waals surface area (Å²) < 4.78 is 13.2. The van der Waals surface area contributed by atoms with Crippen molar-refractivity contribution in [3.8, 4) is 21.1 Å². The molecule has 4 aromatic carbocycles. The van der Waals surface area contributed by atoms with Crippen LogP contribution in [-0.4, -0.2) is 36.1 Å². The van der Waals surface area contributed by atoms with Crippen LogP contribution in [0.3, 0.4) is 0 Å². The summed E-state index contributed by atoms with van der Waals surface area (Å²) >= 11 is 3.02. The van der Waals surface area contributed by atoms with Crippen molar-refractivity contribution in [3.63, 3.8) is 0 Å². The van der Waals surface area contributed by atoms with Crippen molar-refractivity contribution in [2.45, 2.75) is 20.8 Å². The first kappa shape index (κ1) is 33.0. The Morgan fingerprint density at radius 2 is 1.18 bits per heavy atom. The molecule has 256 valence electrons. The van der Waals surface area contributed by atoms with Gasteiger partial charge in [0.25, 0.3) is 0 Å². The van der Waals surface area contributed by atoms with Gasteiger partial charge in [0.2, 0.25) is 0 Å². The Labute approximate surface area is 302 Å². The lowest BCUT2D eigenvalue weighted by Gasteiger charge is -2.39. The number of anilines is 1. The van der Waals surface area contributed by atoms with Crippen molar-refractivity contribution in [2.75, 3.05) is 31.1 Å². The van der Waals surface area contributed by atoms with Crippen LogP contribution in [-0.2, 0) is 0 Å². The topological polar surface area (TPSA) is 101 Å². The summed E-state index contributed by atoms with van der Waals surface area (Å²) in [5.74, 6) is 1.68. The van der Waals surface area contributed by atoms with E-state index in [4.69, 9.17) is 8.83 Å². The third-order valence-corrected chi connectivity index (χ3v) is 11.2. The normalized spacial score (nSPS) is 14.5. The Balaban J connectivity index is 0.000000130. The molecule has 2 saturated heterocycles. The van der Waals surface area contributed by atoms with Gasteiger partial charge in [0.1, 0.15) is 21.2 Å². The summed E-state index contributed by atoms with van der Waals surface area (Å²) in [7, 11) is 0. The fourth-order valence-electron chi connectivity index (χ4n) is 6.13. The maximum absolute atomic E-state index is 12.5.